The second-order valence-corrected chi connectivity index (χ2v) is 9.03. The molecule has 5 rings (SSSR count). The first kappa shape index (κ1) is 25.1. The van der Waals surface area contributed by atoms with E-state index >= 15 is 0 Å². The number of carbonyl (C=O) groups excluding carboxylic acids is 3. The van der Waals surface area contributed by atoms with E-state index in [0.717, 1.165) is 5.56 Å². The number of rotatable bonds is 5. The Kier molecular flexibility index (Phi) is 6.60. The predicted octanol–water partition coefficient (Wildman–Crippen LogP) is -1.83. The Bertz CT molecular complexity index is 1220. The maximum absolute atomic E-state index is 13.0. The van der Waals surface area contributed by atoms with E-state index in [2.05, 4.69) is 0 Å². The number of nitro groups is 1. The molecule has 3 atom stereocenters. The van der Waals surface area contributed by atoms with Crippen LogP contribution in [-0.4, -0.2) is 73.6 Å². The number of amides is 3. The van der Waals surface area contributed by atoms with E-state index < -0.39 is 22.8 Å². The molecule has 11 nitrogen and oxygen atoms in total. The Morgan fingerprint density at radius 3 is 2.54 bits per heavy atom. The van der Waals surface area contributed by atoms with Gasteiger partial charge in [0.25, 0.3) is 11.6 Å². The quantitative estimate of drug-likeness (QED) is 0.168. The molecule has 3 amide bonds. The van der Waals surface area contributed by atoms with E-state index in [1.165, 1.54) is 28.9 Å². The molecule has 0 spiro atoms. The zero-order valence-electron chi connectivity index (χ0n) is 20.3. The molecule has 3 saturated heterocycles. The van der Waals surface area contributed by atoms with Crippen LogP contribution in [0.5, 0.6) is 0 Å². The van der Waals surface area contributed by atoms with Crippen LogP contribution >= 0.6 is 0 Å². The van der Waals surface area contributed by atoms with Gasteiger partial charge >= 0.3 is 35.5 Å². The first-order valence-electron chi connectivity index (χ1n) is 11.0. The van der Waals surface area contributed by atoms with Crippen LogP contribution in [-0.2, 0) is 25.7 Å². The fourth-order valence-electron chi connectivity index (χ4n) is 5.53. The van der Waals surface area contributed by atoms with Crippen molar-refractivity contribution in [2.24, 2.45) is 5.92 Å². The number of hydrogen-bond acceptors (Lipinski definition) is 6. The van der Waals surface area contributed by atoms with Gasteiger partial charge in [0.1, 0.15) is 11.7 Å². The van der Waals surface area contributed by atoms with Gasteiger partial charge < -0.3 is 16.3 Å². The Morgan fingerprint density at radius 1 is 1.26 bits per heavy atom. The maximum Gasteiger partial charge on any atom is 1.00 e. The standard InChI is InChI=1S/C23H22N4O7.Na.H/c1-12(28)25-11-16-9-15(19(23(31)32)26-18(16)20(25)22(26)30)8-14-6-7-24(21(14)29)10-13-2-4-17(5-3-13)27(33)34;;/h2-5,8,16,18,20H,6-7,9-11H2,1H3,(H,31,32);;/q;+1;-1/b14-8+;;/t16-,18-,20+;;/m1../s1. The van der Waals surface area contributed by atoms with E-state index in [1.807, 2.05) is 0 Å². The molecule has 4 heterocycles. The van der Waals surface area contributed by atoms with Crippen LogP contribution in [0.2, 0.25) is 0 Å². The van der Waals surface area contributed by atoms with Gasteiger partial charge in [0.05, 0.1) is 11.0 Å². The Morgan fingerprint density at radius 2 is 1.94 bits per heavy atom. The van der Waals surface area contributed by atoms with Crippen molar-refractivity contribution in [3.8, 4) is 0 Å². The molecule has 0 radical (unpaired) electrons. The van der Waals surface area contributed by atoms with Crippen molar-refractivity contribution in [3.63, 3.8) is 0 Å². The zero-order chi connectivity index (χ0) is 24.3. The summed E-state index contributed by atoms with van der Waals surface area (Å²) in [6.07, 6.45) is 2.39. The number of aliphatic carboxylic acids is 1. The molecule has 35 heavy (non-hydrogen) atoms. The summed E-state index contributed by atoms with van der Waals surface area (Å²) in [5, 5.41) is 20.7. The van der Waals surface area contributed by atoms with Crippen LogP contribution in [0, 0.1) is 16.0 Å². The van der Waals surface area contributed by atoms with E-state index in [1.54, 1.807) is 23.1 Å². The van der Waals surface area contributed by atoms with E-state index in [-0.39, 0.29) is 72.7 Å². The zero-order valence-corrected chi connectivity index (χ0v) is 21.3. The number of benzene rings is 1. The van der Waals surface area contributed by atoms with Crippen LogP contribution in [0.15, 0.2) is 47.2 Å². The van der Waals surface area contributed by atoms with E-state index in [9.17, 15) is 34.4 Å². The van der Waals surface area contributed by atoms with Crippen LogP contribution < -0.4 is 29.6 Å². The summed E-state index contributed by atoms with van der Waals surface area (Å²) in [5.74, 6) is -2.14. The third-order valence-corrected chi connectivity index (χ3v) is 7.08. The summed E-state index contributed by atoms with van der Waals surface area (Å²) in [7, 11) is 0. The number of carboxylic acids is 1. The fourth-order valence-corrected chi connectivity index (χ4v) is 5.53. The Labute approximate surface area is 224 Å². The molecule has 0 aliphatic carbocycles. The number of likely N-dealkylation sites (tertiary alicyclic amines) is 2. The second kappa shape index (κ2) is 9.21. The van der Waals surface area contributed by atoms with Crippen molar-refractivity contribution in [2.75, 3.05) is 13.1 Å². The van der Waals surface area contributed by atoms with Gasteiger partial charge in [-0.2, -0.15) is 0 Å². The number of β-lactam (4-membered cyclic amide) rings is 1. The van der Waals surface area contributed by atoms with Crippen LogP contribution in [0.4, 0.5) is 5.69 Å². The Balaban J connectivity index is 0.00000180. The molecule has 0 saturated carbocycles. The third-order valence-electron chi connectivity index (χ3n) is 7.08. The summed E-state index contributed by atoms with van der Waals surface area (Å²) in [5.41, 5.74) is 1.49. The number of non-ortho nitro benzene ring substituents is 1. The second-order valence-electron chi connectivity index (χ2n) is 9.03. The van der Waals surface area contributed by atoms with Crippen molar-refractivity contribution >= 4 is 29.4 Å². The largest absolute Gasteiger partial charge is 1.00 e. The number of carbonyl (C=O) groups is 4. The van der Waals surface area contributed by atoms with Crippen molar-refractivity contribution in [3.05, 3.63) is 62.9 Å². The molecule has 3 fully saturated rings. The minimum absolute atomic E-state index is 0. The molecule has 0 unspecified atom stereocenters. The van der Waals surface area contributed by atoms with Crippen molar-refractivity contribution in [1.29, 1.82) is 0 Å². The van der Waals surface area contributed by atoms with E-state index in [4.69, 9.17) is 0 Å². The number of carboxylic acid groups (broad SMARTS) is 1. The maximum atomic E-state index is 13.0. The summed E-state index contributed by atoms with van der Waals surface area (Å²) in [6.45, 7) is 2.50. The van der Waals surface area contributed by atoms with Crippen molar-refractivity contribution in [2.45, 2.75) is 38.4 Å². The van der Waals surface area contributed by atoms with E-state index in [0.29, 0.717) is 37.1 Å². The molecule has 0 bridgehead atoms. The SMILES string of the molecule is CC(=O)N1C[C@H]2CC(/C=C3\CCN(Cc4ccc([N+](=O)[O-])cc4)C3=O)=C(C(=O)O)N3C(=O)[C@@H]1[C@@H]23.[H-].[Na+]. The normalized spacial score (nSPS) is 26.0. The summed E-state index contributed by atoms with van der Waals surface area (Å²) in [6, 6.07) is 5.05. The van der Waals surface area contributed by atoms with Crippen molar-refractivity contribution in [1.82, 2.24) is 14.7 Å². The molecule has 1 aromatic rings. The van der Waals surface area contributed by atoms with Crippen LogP contribution in [0.3, 0.4) is 0 Å². The molecule has 1 N–H and O–H groups in total. The first-order valence-corrected chi connectivity index (χ1v) is 11.0. The topological polar surface area (TPSA) is 141 Å². The predicted molar refractivity (Wildman–Crippen MR) is 117 cm³/mol. The fraction of sp³-hybridized carbons (Fsp3) is 0.391. The first-order chi connectivity index (χ1) is 16.2. The van der Waals surface area contributed by atoms with Crippen LogP contribution in [0.1, 0.15) is 26.8 Å². The van der Waals surface area contributed by atoms with Gasteiger partial charge in [-0.05, 0) is 30.1 Å². The molecular formula is C23H23N4NaO7. The summed E-state index contributed by atoms with van der Waals surface area (Å²) >= 11 is 0. The van der Waals surface area contributed by atoms with Gasteiger partial charge in [0.15, 0.2) is 0 Å². The summed E-state index contributed by atoms with van der Waals surface area (Å²) in [4.78, 5) is 64.5. The molecule has 4 aliphatic rings. The van der Waals surface area contributed by atoms with Crippen LogP contribution in [0.25, 0.3) is 0 Å². The minimum Gasteiger partial charge on any atom is -1.00 e. The Hall–Kier alpha value is -3.02. The summed E-state index contributed by atoms with van der Waals surface area (Å²) < 4.78 is 0. The van der Waals surface area contributed by atoms with Gasteiger partial charge in [-0.1, -0.05) is 12.1 Å². The number of hydrogen-bond donors (Lipinski definition) is 1. The van der Waals surface area contributed by atoms with Gasteiger partial charge in [-0.15, -0.1) is 0 Å². The number of nitro benzene ring substituents is 1. The van der Waals surface area contributed by atoms with Gasteiger partial charge in [0.2, 0.25) is 11.8 Å². The van der Waals surface area contributed by atoms with Gasteiger partial charge in [0, 0.05) is 50.2 Å². The van der Waals surface area contributed by atoms with Gasteiger partial charge in [-0.25, -0.2) is 4.79 Å². The number of allylic oxidation sites excluding steroid dienone is 2. The average Bonchev–Trinajstić information content (AvgIpc) is 3.32. The number of nitrogens with zero attached hydrogens (tertiary/aromatic N) is 4. The third kappa shape index (κ3) is 4.07. The minimum atomic E-state index is -1.23. The smallest absolute Gasteiger partial charge is 1.00 e. The monoisotopic (exact) mass is 490 g/mol. The van der Waals surface area contributed by atoms with Crippen molar-refractivity contribution < 1.29 is 60.2 Å². The molecule has 178 valence electrons. The molecular weight excluding hydrogens is 467 g/mol. The average molecular weight is 490 g/mol. The molecule has 0 aromatic heterocycles. The molecule has 12 heteroatoms. The molecule has 4 aliphatic heterocycles. The molecule has 1 aromatic carbocycles. The van der Waals surface area contributed by atoms with Gasteiger partial charge in [-0.3, -0.25) is 29.4 Å².